The Kier molecular flexibility index (Phi) is 6.98. The second-order valence-corrected chi connectivity index (χ2v) is 4.40. The number of hydrogen-bond donors (Lipinski definition) is 2. The molecule has 2 aliphatic carbocycles. The summed E-state index contributed by atoms with van der Waals surface area (Å²) >= 11 is 0. The molecule has 0 fully saturated rings. The quantitative estimate of drug-likeness (QED) is 0.755. The van der Waals surface area contributed by atoms with Crippen LogP contribution in [0.25, 0.3) is 0 Å². The van der Waals surface area contributed by atoms with Gasteiger partial charge in [0.1, 0.15) is 0 Å². The molecule has 0 aromatic heterocycles. The molecule has 0 heterocycles. The van der Waals surface area contributed by atoms with Crippen molar-refractivity contribution >= 4 is 0 Å². The lowest BCUT2D eigenvalue weighted by molar-refractivity contribution is 0.763. The van der Waals surface area contributed by atoms with Crippen LogP contribution in [0.4, 0.5) is 0 Å². The Labute approximate surface area is 117 Å². The molecule has 1 unspecified atom stereocenters. The molecule has 104 valence electrons. The lowest BCUT2D eigenvalue weighted by Crippen LogP contribution is -2.25. The monoisotopic (exact) mass is 258 g/mol. The molecule has 2 nitrogen and oxygen atoms in total. The van der Waals surface area contributed by atoms with E-state index in [1.807, 2.05) is 13.8 Å². The summed E-state index contributed by atoms with van der Waals surface area (Å²) in [5, 5.41) is 3.32. The third-order valence-corrected chi connectivity index (χ3v) is 3.18. The van der Waals surface area contributed by atoms with Crippen LogP contribution in [0, 0.1) is 5.92 Å². The molecule has 19 heavy (non-hydrogen) atoms. The van der Waals surface area contributed by atoms with Crippen LogP contribution >= 0.6 is 0 Å². The molecule has 2 rings (SSSR count). The van der Waals surface area contributed by atoms with E-state index >= 15 is 0 Å². The lowest BCUT2D eigenvalue weighted by atomic mass is 9.89. The summed E-state index contributed by atoms with van der Waals surface area (Å²) in [7, 11) is 0. The van der Waals surface area contributed by atoms with Gasteiger partial charge in [-0.1, -0.05) is 63.3 Å². The summed E-state index contributed by atoms with van der Waals surface area (Å²) in [6, 6.07) is 0. The minimum Gasteiger partial charge on any atom is -0.372 e. The number of allylic oxidation sites excluding steroid dienone is 9. The maximum atomic E-state index is 5.66. The predicted molar refractivity (Wildman–Crippen MR) is 84.5 cm³/mol. The van der Waals surface area contributed by atoms with E-state index < -0.39 is 0 Å². The second kappa shape index (κ2) is 8.54. The fourth-order valence-electron chi connectivity index (χ4n) is 2.27. The van der Waals surface area contributed by atoms with Crippen LogP contribution in [0.2, 0.25) is 0 Å². The zero-order valence-electron chi connectivity index (χ0n) is 12.3. The van der Waals surface area contributed by atoms with Gasteiger partial charge in [0.2, 0.25) is 0 Å². The van der Waals surface area contributed by atoms with Gasteiger partial charge in [0.25, 0.3) is 0 Å². The van der Waals surface area contributed by atoms with Crippen LogP contribution in [-0.4, -0.2) is 6.67 Å². The minimum atomic E-state index is 0.445. The van der Waals surface area contributed by atoms with Gasteiger partial charge < -0.3 is 11.1 Å². The van der Waals surface area contributed by atoms with Crippen molar-refractivity contribution in [2.75, 3.05) is 6.67 Å². The normalized spacial score (nSPS) is 23.4. The summed E-state index contributed by atoms with van der Waals surface area (Å²) in [6.07, 6.45) is 17.3. The summed E-state index contributed by atoms with van der Waals surface area (Å²) in [4.78, 5) is 0. The Morgan fingerprint density at radius 1 is 1.32 bits per heavy atom. The van der Waals surface area contributed by atoms with E-state index in [-0.39, 0.29) is 0 Å². The summed E-state index contributed by atoms with van der Waals surface area (Å²) in [6.45, 7) is 6.69. The molecule has 0 aromatic rings. The van der Waals surface area contributed by atoms with Gasteiger partial charge in [0, 0.05) is 11.6 Å². The van der Waals surface area contributed by atoms with E-state index in [1.165, 1.54) is 16.8 Å². The van der Waals surface area contributed by atoms with Crippen molar-refractivity contribution in [2.24, 2.45) is 11.7 Å². The first-order chi connectivity index (χ1) is 9.33. The molecule has 0 aromatic carbocycles. The van der Waals surface area contributed by atoms with Gasteiger partial charge in [-0.25, -0.2) is 0 Å². The van der Waals surface area contributed by atoms with E-state index in [1.54, 1.807) is 0 Å². The van der Waals surface area contributed by atoms with Crippen molar-refractivity contribution in [3.63, 3.8) is 0 Å². The summed E-state index contributed by atoms with van der Waals surface area (Å²) in [5.74, 6) is 0.445. The molecular weight excluding hydrogens is 232 g/mol. The third kappa shape index (κ3) is 4.25. The zero-order valence-corrected chi connectivity index (χ0v) is 12.3. The molecule has 0 aliphatic heterocycles. The first kappa shape index (κ1) is 15.5. The van der Waals surface area contributed by atoms with E-state index in [9.17, 15) is 0 Å². The fraction of sp³-hybridized carbons (Fsp3) is 0.412. The Morgan fingerprint density at radius 2 is 2.11 bits per heavy atom. The van der Waals surface area contributed by atoms with Gasteiger partial charge in [-0.3, -0.25) is 0 Å². The zero-order chi connectivity index (χ0) is 14.1. The smallest absolute Gasteiger partial charge is 0.0628 e. The fourth-order valence-corrected chi connectivity index (χ4v) is 2.27. The van der Waals surface area contributed by atoms with E-state index in [0.717, 1.165) is 12.8 Å². The van der Waals surface area contributed by atoms with E-state index in [0.29, 0.717) is 12.6 Å². The van der Waals surface area contributed by atoms with Crippen LogP contribution in [0.1, 0.15) is 33.6 Å². The van der Waals surface area contributed by atoms with E-state index in [2.05, 4.69) is 54.8 Å². The molecule has 0 amide bonds. The van der Waals surface area contributed by atoms with Gasteiger partial charge in [-0.2, -0.15) is 0 Å². The first-order valence-corrected chi connectivity index (χ1v) is 7.22. The molecular formula is C17H26N2. The Hall–Kier alpha value is -1.54. The van der Waals surface area contributed by atoms with Gasteiger partial charge >= 0.3 is 0 Å². The van der Waals surface area contributed by atoms with Crippen molar-refractivity contribution in [3.8, 4) is 0 Å². The molecule has 2 aliphatic rings. The van der Waals surface area contributed by atoms with Crippen molar-refractivity contribution < 1.29 is 0 Å². The maximum absolute atomic E-state index is 5.66. The van der Waals surface area contributed by atoms with Crippen LogP contribution in [0.5, 0.6) is 0 Å². The Morgan fingerprint density at radius 3 is 2.68 bits per heavy atom. The highest BCUT2D eigenvalue weighted by atomic mass is 15.0. The van der Waals surface area contributed by atoms with Gasteiger partial charge in [-0.05, 0) is 24.0 Å². The van der Waals surface area contributed by atoms with Gasteiger partial charge in [-0.15, -0.1) is 0 Å². The molecule has 0 radical (unpaired) electrons. The summed E-state index contributed by atoms with van der Waals surface area (Å²) < 4.78 is 0. The third-order valence-electron chi connectivity index (χ3n) is 3.18. The summed E-state index contributed by atoms with van der Waals surface area (Å²) in [5.41, 5.74) is 9.56. The van der Waals surface area contributed by atoms with Crippen molar-refractivity contribution in [3.05, 3.63) is 59.4 Å². The van der Waals surface area contributed by atoms with Crippen LogP contribution in [0.3, 0.4) is 0 Å². The van der Waals surface area contributed by atoms with Crippen molar-refractivity contribution in [2.45, 2.75) is 33.6 Å². The highest BCUT2D eigenvalue weighted by Crippen LogP contribution is 2.27. The largest absolute Gasteiger partial charge is 0.372 e. The number of nitrogens with two attached hydrogens (primary N) is 1. The Bertz CT molecular complexity index is 423. The van der Waals surface area contributed by atoms with Gasteiger partial charge in [0.15, 0.2) is 0 Å². The highest BCUT2D eigenvalue weighted by molar-refractivity contribution is 5.46. The SMILES string of the molecule is CC.CC1C=CC=C/C1=C(/NCN)C1=CC=CCC1. The molecule has 0 saturated carbocycles. The number of hydrogen-bond acceptors (Lipinski definition) is 2. The minimum absolute atomic E-state index is 0.445. The van der Waals surface area contributed by atoms with Gasteiger partial charge in [0.05, 0.1) is 6.67 Å². The Balaban J connectivity index is 0.000000861. The van der Waals surface area contributed by atoms with Crippen molar-refractivity contribution in [1.82, 2.24) is 5.32 Å². The second-order valence-electron chi connectivity index (χ2n) is 4.40. The average Bonchev–Trinajstić information content (AvgIpc) is 2.49. The predicted octanol–water partition coefficient (Wildman–Crippen LogP) is 3.81. The highest BCUT2D eigenvalue weighted by Gasteiger charge is 2.15. The van der Waals surface area contributed by atoms with Crippen LogP contribution in [-0.2, 0) is 0 Å². The molecule has 0 bridgehead atoms. The average molecular weight is 258 g/mol. The first-order valence-electron chi connectivity index (χ1n) is 7.22. The van der Waals surface area contributed by atoms with Crippen LogP contribution < -0.4 is 11.1 Å². The van der Waals surface area contributed by atoms with Crippen molar-refractivity contribution in [1.29, 1.82) is 0 Å². The maximum Gasteiger partial charge on any atom is 0.0628 e. The molecule has 1 atom stereocenters. The molecule has 0 spiro atoms. The van der Waals surface area contributed by atoms with Crippen LogP contribution in [0.15, 0.2) is 59.4 Å². The lowest BCUT2D eigenvalue weighted by Gasteiger charge is -2.22. The topological polar surface area (TPSA) is 38.0 Å². The standard InChI is InChI=1S/C15H20N2.C2H6/c1-12-7-5-6-10-14(12)15(17-11-16)13-8-3-2-4-9-13;1-2/h2-3,5-8,10,12,17H,4,9,11,16H2,1H3;1-2H3/b15-14-;. The number of nitrogens with one attached hydrogen (secondary N) is 1. The molecule has 0 saturated heterocycles. The molecule has 3 N–H and O–H groups in total. The van der Waals surface area contributed by atoms with E-state index in [4.69, 9.17) is 5.73 Å². The number of rotatable bonds is 3. The molecule has 2 heteroatoms.